The molecule has 8 heteroatoms. The van der Waals surface area contributed by atoms with E-state index in [1.54, 1.807) is 6.92 Å². The monoisotopic (exact) mass is 400 g/mol. The van der Waals surface area contributed by atoms with Gasteiger partial charge in [-0.3, -0.25) is 0 Å². The minimum atomic E-state index is -3.58. The van der Waals surface area contributed by atoms with Gasteiger partial charge in [-0.05, 0) is 60.4 Å². The molecule has 0 spiro atoms. The van der Waals surface area contributed by atoms with Gasteiger partial charge in [0.05, 0.1) is 9.37 Å². The first-order valence-corrected chi connectivity index (χ1v) is 8.73. The summed E-state index contributed by atoms with van der Waals surface area (Å²) in [6.07, 6.45) is 1.70. The van der Waals surface area contributed by atoms with Crippen molar-refractivity contribution in [3.05, 3.63) is 28.0 Å². The van der Waals surface area contributed by atoms with Crippen LogP contribution in [0.5, 0.6) is 0 Å². The molecule has 0 amide bonds. The second kappa shape index (κ2) is 7.37. The Balaban J connectivity index is 0.00000220. The number of rotatable bonds is 4. The van der Waals surface area contributed by atoms with Crippen LogP contribution in [0.3, 0.4) is 0 Å². The third kappa shape index (κ3) is 3.76. The van der Waals surface area contributed by atoms with E-state index in [0.29, 0.717) is 18.7 Å². The Morgan fingerprint density at radius 1 is 1.48 bits per heavy atom. The van der Waals surface area contributed by atoms with E-state index in [2.05, 4.69) is 21.2 Å². The molecule has 0 saturated carbocycles. The predicted octanol–water partition coefficient (Wildman–Crippen LogP) is 2.69. The number of nitrogens with one attached hydrogen (secondary N) is 1. The number of halogens is 3. The zero-order valence-corrected chi connectivity index (χ0v) is 15.1. The molecule has 1 unspecified atom stereocenters. The summed E-state index contributed by atoms with van der Waals surface area (Å²) in [4.78, 5) is 0.175. The number of sulfonamides is 1. The quantitative estimate of drug-likeness (QED) is 0.844. The predicted molar refractivity (Wildman–Crippen MR) is 86.9 cm³/mol. The highest BCUT2D eigenvalue weighted by molar-refractivity contribution is 9.10. The van der Waals surface area contributed by atoms with Gasteiger partial charge in [-0.25, -0.2) is 12.8 Å². The zero-order valence-electron chi connectivity index (χ0n) is 11.9. The van der Waals surface area contributed by atoms with E-state index in [1.165, 1.54) is 16.4 Å². The number of likely N-dealkylation sites (N-methyl/N-ethyl adjacent to an activating group) is 1. The molecule has 21 heavy (non-hydrogen) atoms. The van der Waals surface area contributed by atoms with Crippen LogP contribution >= 0.6 is 28.3 Å². The maximum absolute atomic E-state index is 13.5. The van der Waals surface area contributed by atoms with Gasteiger partial charge in [-0.15, -0.1) is 12.4 Å². The van der Waals surface area contributed by atoms with Gasteiger partial charge < -0.3 is 5.32 Å². The van der Waals surface area contributed by atoms with Crippen molar-refractivity contribution in [3.63, 3.8) is 0 Å². The Hall–Kier alpha value is -0.210. The van der Waals surface area contributed by atoms with Crippen LogP contribution in [0.1, 0.15) is 18.4 Å². The van der Waals surface area contributed by atoms with Crippen molar-refractivity contribution in [1.82, 2.24) is 9.62 Å². The number of aryl methyl sites for hydroxylation is 1. The van der Waals surface area contributed by atoms with E-state index in [1.807, 2.05) is 7.05 Å². The Bertz CT molecular complexity index is 612. The Labute approximate surface area is 139 Å². The molecule has 1 heterocycles. The third-order valence-electron chi connectivity index (χ3n) is 3.57. The fraction of sp³-hybridized carbons (Fsp3) is 0.538. The highest BCUT2D eigenvalue weighted by atomic mass is 79.9. The Kier molecular flexibility index (Phi) is 6.61. The lowest BCUT2D eigenvalue weighted by Gasteiger charge is -2.24. The molecule has 0 aromatic heterocycles. The fourth-order valence-corrected chi connectivity index (χ4v) is 5.02. The average molecular weight is 402 g/mol. The number of hydrogen-bond acceptors (Lipinski definition) is 3. The van der Waals surface area contributed by atoms with Gasteiger partial charge in [0.15, 0.2) is 0 Å². The van der Waals surface area contributed by atoms with Crippen molar-refractivity contribution in [3.8, 4) is 0 Å². The first-order chi connectivity index (χ1) is 9.37. The number of benzene rings is 1. The van der Waals surface area contributed by atoms with Gasteiger partial charge >= 0.3 is 0 Å². The van der Waals surface area contributed by atoms with Gasteiger partial charge in [0, 0.05) is 19.1 Å². The molecule has 4 nitrogen and oxygen atoms in total. The molecule has 1 aromatic rings. The van der Waals surface area contributed by atoms with Crippen LogP contribution in [0.4, 0.5) is 4.39 Å². The fourth-order valence-electron chi connectivity index (χ4n) is 2.60. The van der Waals surface area contributed by atoms with Crippen LogP contribution in [0.15, 0.2) is 21.5 Å². The van der Waals surface area contributed by atoms with Crippen molar-refractivity contribution < 1.29 is 12.8 Å². The molecule has 1 N–H and O–H groups in total. The molecule has 1 aromatic carbocycles. The molecule has 2 rings (SSSR count). The summed E-state index contributed by atoms with van der Waals surface area (Å²) in [5, 5.41) is 3.02. The van der Waals surface area contributed by atoms with Gasteiger partial charge in [0.1, 0.15) is 5.82 Å². The van der Waals surface area contributed by atoms with Crippen molar-refractivity contribution in [1.29, 1.82) is 0 Å². The SMILES string of the molecule is CNCC1CCCN1S(=O)(=O)c1cc(Br)c(F)cc1C.Cl. The van der Waals surface area contributed by atoms with Gasteiger partial charge in [-0.2, -0.15) is 4.31 Å². The molecular formula is C13H19BrClFN2O2S. The van der Waals surface area contributed by atoms with E-state index in [0.717, 1.165) is 12.8 Å². The lowest BCUT2D eigenvalue weighted by atomic mass is 10.2. The summed E-state index contributed by atoms with van der Waals surface area (Å²) in [6, 6.07) is 2.57. The normalized spacial score (nSPS) is 19.5. The average Bonchev–Trinajstić information content (AvgIpc) is 2.83. The summed E-state index contributed by atoms with van der Waals surface area (Å²) in [5.41, 5.74) is 0.431. The van der Waals surface area contributed by atoms with Gasteiger partial charge in [0.25, 0.3) is 0 Å². The van der Waals surface area contributed by atoms with Gasteiger partial charge in [0.2, 0.25) is 10.0 Å². The standard InChI is InChI=1S/C13H18BrFN2O2S.ClH/c1-9-6-12(15)11(14)7-13(9)20(18,19)17-5-3-4-10(17)8-16-2;/h6-7,10,16H,3-5,8H2,1-2H3;1H. The third-order valence-corrected chi connectivity index (χ3v) is 6.27. The largest absolute Gasteiger partial charge is 0.318 e. The Morgan fingerprint density at radius 3 is 2.76 bits per heavy atom. The lowest BCUT2D eigenvalue weighted by molar-refractivity contribution is 0.379. The van der Waals surface area contributed by atoms with Crippen LogP contribution in [0.25, 0.3) is 0 Å². The van der Waals surface area contributed by atoms with E-state index < -0.39 is 15.8 Å². The first-order valence-electron chi connectivity index (χ1n) is 6.50. The molecule has 0 radical (unpaired) electrons. The summed E-state index contributed by atoms with van der Waals surface area (Å²) < 4.78 is 40.7. The highest BCUT2D eigenvalue weighted by Gasteiger charge is 2.35. The van der Waals surface area contributed by atoms with Crippen LogP contribution in [-0.4, -0.2) is 38.9 Å². The molecular weight excluding hydrogens is 383 g/mol. The summed E-state index contributed by atoms with van der Waals surface area (Å²) >= 11 is 3.06. The van der Waals surface area contributed by atoms with E-state index >= 15 is 0 Å². The summed E-state index contributed by atoms with van der Waals surface area (Å²) in [7, 11) is -1.77. The maximum atomic E-state index is 13.5. The smallest absolute Gasteiger partial charge is 0.243 e. The van der Waals surface area contributed by atoms with Crippen LogP contribution in [0, 0.1) is 12.7 Å². The van der Waals surface area contributed by atoms with E-state index in [9.17, 15) is 12.8 Å². The molecule has 1 fully saturated rings. The number of nitrogens with zero attached hydrogens (tertiary/aromatic N) is 1. The van der Waals surface area contributed by atoms with Crippen molar-refractivity contribution in [2.75, 3.05) is 20.1 Å². The van der Waals surface area contributed by atoms with Crippen molar-refractivity contribution in [2.24, 2.45) is 0 Å². The lowest BCUT2D eigenvalue weighted by Crippen LogP contribution is -2.41. The second-order valence-electron chi connectivity index (χ2n) is 5.00. The van der Waals surface area contributed by atoms with Crippen LogP contribution in [0.2, 0.25) is 0 Å². The van der Waals surface area contributed by atoms with E-state index in [4.69, 9.17) is 0 Å². The van der Waals surface area contributed by atoms with E-state index in [-0.39, 0.29) is 27.8 Å². The second-order valence-corrected chi connectivity index (χ2v) is 7.71. The molecule has 1 saturated heterocycles. The maximum Gasteiger partial charge on any atom is 0.243 e. The zero-order chi connectivity index (χ0) is 14.9. The minimum Gasteiger partial charge on any atom is -0.318 e. The Morgan fingerprint density at radius 2 is 2.14 bits per heavy atom. The minimum absolute atomic E-state index is 0. The summed E-state index contributed by atoms with van der Waals surface area (Å²) in [5.74, 6) is -0.449. The van der Waals surface area contributed by atoms with Gasteiger partial charge in [-0.1, -0.05) is 0 Å². The van der Waals surface area contributed by atoms with Crippen LogP contribution in [-0.2, 0) is 10.0 Å². The summed E-state index contributed by atoms with van der Waals surface area (Å²) in [6.45, 7) is 2.76. The molecule has 120 valence electrons. The molecule has 1 aliphatic rings. The van der Waals surface area contributed by atoms with Crippen LogP contribution < -0.4 is 5.32 Å². The van der Waals surface area contributed by atoms with Crippen molar-refractivity contribution >= 4 is 38.4 Å². The molecule has 0 aliphatic carbocycles. The molecule has 0 bridgehead atoms. The highest BCUT2D eigenvalue weighted by Crippen LogP contribution is 2.30. The first kappa shape index (κ1) is 18.8. The number of hydrogen-bond donors (Lipinski definition) is 1. The van der Waals surface area contributed by atoms with Crippen molar-refractivity contribution in [2.45, 2.75) is 30.7 Å². The molecule has 1 atom stereocenters. The topological polar surface area (TPSA) is 49.4 Å². The molecule has 1 aliphatic heterocycles.